The number of hydrogen-bond acceptors (Lipinski definition) is 14. The number of carboxylic acids is 1. The van der Waals surface area contributed by atoms with E-state index in [0.29, 0.717) is 85.8 Å². The molecule has 44 heavy (non-hydrogen) atoms. The molecule has 2 fully saturated rings. The van der Waals surface area contributed by atoms with Gasteiger partial charge in [0.2, 0.25) is 5.95 Å². The van der Waals surface area contributed by atoms with E-state index in [1.165, 1.54) is 0 Å². The van der Waals surface area contributed by atoms with Gasteiger partial charge in [-0.2, -0.15) is 4.98 Å². The summed E-state index contributed by atoms with van der Waals surface area (Å²) < 4.78 is 16.9. The lowest BCUT2D eigenvalue weighted by Crippen LogP contribution is -2.57. The fourth-order valence-electron chi connectivity index (χ4n) is 5.22. The van der Waals surface area contributed by atoms with Gasteiger partial charge in [0.1, 0.15) is 17.5 Å². The number of nitrogens with two attached hydrogens (primary N) is 1. The van der Waals surface area contributed by atoms with Crippen LogP contribution in [0, 0.1) is 0 Å². The van der Waals surface area contributed by atoms with Crippen molar-refractivity contribution in [2.75, 3.05) is 80.5 Å². The summed E-state index contributed by atoms with van der Waals surface area (Å²) in [6.45, 7) is 9.01. The first-order chi connectivity index (χ1) is 20.9. The van der Waals surface area contributed by atoms with Crippen LogP contribution in [0.1, 0.15) is 31.3 Å². The Bertz CT molecular complexity index is 1580. The first-order valence-electron chi connectivity index (χ1n) is 14.1. The third-order valence-electron chi connectivity index (χ3n) is 7.29. The molecule has 2 aliphatic heterocycles. The second-order valence-corrected chi connectivity index (χ2v) is 11.7. The van der Waals surface area contributed by atoms with Crippen molar-refractivity contribution in [1.29, 1.82) is 0 Å². The number of carboxylic acid groups (broad SMARTS) is 1. The number of nitrogens with zero attached hydrogens (tertiary/aromatic N) is 7. The molecule has 0 amide bonds. The molecule has 4 N–H and O–H groups in total. The SMILES string of the molecule is COc1cc2nc(N3CCN(c4nc(N)c(C(=O)O)nc4Cl)CC3)nc(N3CCNCC3C(=O)OC(C)(C)C)c2cc1OC. The van der Waals surface area contributed by atoms with Crippen LogP contribution >= 0.6 is 11.6 Å². The summed E-state index contributed by atoms with van der Waals surface area (Å²) in [7, 11) is 3.12. The van der Waals surface area contributed by atoms with Crippen LogP contribution in [0.4, 0.5) is 23.4 Å². The fraction of sp³-hybridized carbons (Fsp3) is 0.500. The summed E-state index contributed by atoms with van der Waals surface area (Å²) in [4.78, 5) is 48.6. The van der Waals surface area contributed by atoms with E-state index >= 15 is 0 Å². The highest BCUT2D eigenvalue weighted by Crippen LogP contribution is 2.37. The molecule has 15 nitrogen and oxygen atoms in total. The summed E-state index contributed by atoms with van der Waals surface area (Å²) >= 11 is 6.29. The van der Waals surface area contributed by atoms with E-state index in [-0.39, 0.29) is 22.6 Å². The maximum Gasteiger partial charge on any atom is 0.358 e. The van der Waals surface area contributed by atoms with Crippen molar-refractivity contribution < 1.29 is 28.9 Å². The smallest absolute Gasteiger partial charge is 0.358 e. The van der Waals surface area contributed by atoms with Gasteiger partial charge >= 0.3 is 11.9 Å². The number of halogens is 1. The largest absolute Gasteiger partial charge is 0.493 e. The number of carbonyl (C=O) groups excluding carboxylic acids is 1. The number of rotatable bonds is 7. The van der Waals surface area contributed by atoms with Crippen LogP contribution in [0.2, 0.25) is 5.15 Å². The summed E-state index contributed by atoms with van der Waals surface area (Å²) in [5.74, 6) is 0.536. The lowest BCUT2D eigenvalue weighted by atomic mass is 10.1. The van der Waals surface area contributed by atoms with Crippen molar-refractivity contribution in [3.05, 3.63) is 23.0 Å². The molecule has 1 unspecified atom stereocenters. The molecule has 2 saturated heterocycles. The number of methoxy groups -OCH3 is 2. The Morgan fingerprint density at radius 3 is 2.27 bits per heavy atom. The van der Waals surface area contributed by atoms with Crippen molar-refractivity contribution in [3.63, 3.8) is 0 Å². The number of benzene rings is 1. The number of aromatic nitrogens is 4. The molecule has 3 aromatic rings. The molecule has 1 aromatic carbocycles. The number of esters is 1. The lowest BCUT2D eigenvalue weighted by molar-refractivity contribution is -0.156. The highest BCUT2D eigenvalue weighted by Gasteiger charge is 2.35. The van der Waals surface area contributed by atoms with Crippen LogP contribution in [0.5, 0.6) is 11.5 Å². The van der Waals surface area contributed by atoms with Crippen molar-refractivity contribution in [3.8, 4) is 11.5 Å². The van der Waals surface area contributed by atoms with Crippen LogP contribution in [0.3, 0.4) is 0 Å². The highest BCUT2D eigenvalue weighted by atomic mass is 35.5. The maximum atomic E-state index is 13.4. The number of aromatic carboxylic acids is 1. The maximum absolute atomic E-state index is 13.4. The van der Waals surface area contributed by atoms with E-state index in [4.69, 9.17) is 41.5 Å². The lowest BCUT2D eigenvalue weighted by Gasteiger charge is -2.38. The topological polar surface area (TPSA) is 181 Å². The molecule has 16 heteroatoms. The van der Waals surface area contributed by atoms with Crippen molar-refractivity contribution in [2.45, 2.75) is 32.4 Å². The number of hydrogen-bond donors (Lipinski definition) is 3. The Morgan fingerprint density at radius 1 is 0.977 bits per heavy atom. The van der Waals surface area contributed by atoms with Crippen molar-refractivity contribution in [2.24, 2.45) is 0 Å². The van der Waals surface area contributed by atoms with Gasteiger partial charge in [0.05, 0.1) is 19.7 Å². The van der Waals surface area contributed by atoms with Gasteiger partial charge in [-0.15, -0.1) is 0 Å². The highest BCUT2D eigenvalue weighted by molar-refractivity contribution is 6.32. The normalized spacial score (nSPS) is 17.5. The minimum Gasteiger partial charge on any atom is -0.493 e. The van der Waals surface area contributed by atoms with Gasteiger partial charge in [0.25, 0.3) is 0 Å². The standard InChI is InChI=1S/C28H36ClN9O6/c1-28(2,3)44-26(41)17-14-31-6-7-38(17)23-15-12-18(42-4)19(43-5)13-16(15)32-27(35-23)37-10-8-36(9-11-37)24-21(29)33-20(25(39)40)22(30)34-24/h12-13,17,31H,6-11,14H2,1-5H3,(H2,30,34)(H,39,40). The van der Waals surface area contributed by atoms with Crippen molar-refractivity contribution in [1.82, 2.24) is 25.3 Å². The third-order valence-corrected chi connectivity index (χ3v) is 7.55. The molecule has 1 atom stereocenters. The monoisotopic (exact) mass is 629 g/mol. The predicted octanol–water partition coefficient (Wildman–Crippen LogP) is 1.82. The van der Waals surface area contributed by atoms with E-state index in [2.05, 4.69) is 15.3 Å². The van der Waals surface area contributed by atoms with E-state index in [9.17, 15) is 14.7 Å². The number of carbonyl (C=O) groups is 2. The minimum absolute atomic E-state index is 0.0396. The fourth-order valence-corrected chi connectivity index (χ4v) is 5.47. The van der Waals surface area contributed by atoms with Gasteiger partial charge < -0.3 is 45.1 Å². The van der Waals surface area contributed by atoms with E-state index < -0.39 is 17.6 Å². The van der Waals surface area contributed by atoms with Gasteiger partial charge in [-0.05, 0) is 26.8 Å². The number of anilines is 4. The van der Waals surface area contributed by atoms with Gasteiger partial charge in [-0.1, -0.05) is 11.6 Å². The molecule has 5 rings (SSSR count). The quantitative estimate of drug-likeness (QED) is 0.322. The number of fused-ring (bicyclic) bond motifs is 1. The third kappa shape index (κ3) is 6.28. The van der Waals surface area contributed by atoms with Crippen LogP contribution in [0.15, 0.2) is 12.1 Å². The Labute approximate surface area is 259 Å². The molecule has 0 spiro atoms. The number of ether oxygens (including phenoxy) is 3. The van der Waals surface area contributed by atoms with Crippen LogP contribution in [-0.2, 0) is 9.53 Å². The van der Waals surface area contributed by atoms with Gasteiger partial charge in [0.15, 0.2) is 34.0 Å². The Hall–Kier alpha value is -4.37. The van der Waals surface area contributed by atoms with Gasteiger partial charge in [-0.25, -0.2) is 24.5 Å². The van der Waals surface area contributed by atoms with E-state index in [1.807, 2.05) is 41.5 Å². The second-order valence-electron chi connectivity index (χ2n) is 11.4. The summed E-state index contributed by atoms with van der Waals surface area (Å²) in [5, 5.41) is 13.2. The number of nitrogen functional groups attached to an aromatic ring is 1. The number of nitrogens with one attached hydrogen (secondary N) is 1. The first kappa shape index (κ1) is 31.1. The zero-order valence-corrected chi connectivity index (χ0v) is 26.0. The van der Waals surface area contributed by atoms with Crippen LogP contribution < -0.4 is 35.2 Å². The second kappa shape index (κ2) is 12.3. The van der Waals surface area contributed by atoms with Gasteiger partial charge in [-0.3, -0.25) is 0 Å². The number of piperazine rings is 2. The summed E-state index contributed by atoms with van der Waals surface area (Å²) in [6, 6.07) is 3.01. The Balaban J connectivity index is 1.50. The molecule has 0 aliphatic carbocycles. The van der Waals surface area contributed by atoms with Crippen molar-refractivity contribution >= 4 is 57.8 Å². The molecule has 4 heterocycles. The average Bonchev–Trinajstić information content (AvgIpc) is 2.99. The first-order valence-corrected chi connectivity index (χ1v) is 14.5. The summed E-state index contributed by atoms with van der Waals surface area (Å²) in [5.41, 5.74) is 5.42. The molecule has 0 saturated carbocycles. The zero-order chi connectivity index (χ0) is 31.8. The molecular formula is C28H36ClN9O6. The Kier molecular flexibility index (Phi) is 8.70. The molecule has 0 bridgehead atoms. The molecule has 0 radical (unpaired) electrons. The van der Waals surface area contributed by atoms with E-state index in [1.54, 1.807) is 20.3 Å². The Morgan fingerprint density at radius 2 is 1.64 bits per heavy atom. The zero-order valence-electron chi connectivity index (χ0n) is 25.3. The summed E-state index contributed by atoms with van der Waals surface area (Å²) in [6.07, 6.45) is 0. The van der Waals surface area contributed by atoms with Crippen LogP contribution in [-0.4, -0.2) is 109 Å². The van der Waals surface area contributed by atoms with Gasteiger partial charge in [0, 0.05) is 57.3 Å². The molecule has 2 aromatic heterocycles. The van der Waals surface area contributed by atoms with Crippen LogP contribution in [0.25, 0.3) is 10.9 Å². The molecule has 236 valence electrons. The molecule has 2 aliphatic rings. The molecular weight excluding hydrogens is 594 g/mol. The predicted molar refractivity (Wildman–Crippen MR) is 165 cm³/mol. The van der Waals surface area contributed by atoms with E-state index in [0.717, 1.165) is 0 Å². The average molecular weight is 630 g/mol. The minimum atomic E-state index is -1.30.